The molecule has 0 atom stereocenters. The maximum Gasteiger partial charge on any atom is 0.286 e. The maximum absolute atomic E-state index is 12.8. The number of anilines is 1. The van der Waals surface area contributed by atoms with Crippen LogP contribution in [0.25, 0.3) is 11.0 Å². The van der Waals surface area contributed by atoms with Crippen molar-refractivity contribution in [2.24, 2.45) is 12.8 Å². The first-order valence-electron chi connectivity index (χ1n) is 9.37. The fourth-order valence-electron chi connectivity index (χ4n) is 3.08. The zero-order valence-electron chi connectivity index (χ0n) is 16.9. The summed E-state index contributed by atoms with van der Waals surface area (Å²) in [5, 5.41) is 4.24. The number of carbonyl (C=O) groups excluding carboxylic acids is 2. The van der Waals surface area contributed by atoms with Crippen LogP contribution in [0.15, 0.2) is 64.4 Å². The molecule has 2 aromatic carbocycles. The number of rotatable bonds is 7. The molecule has 0 saturated heterocycles. The van der Waals surface area contributed by atoms with Gasteiger partial charge in [0.15, 0.2) is 5.16 Å². The number of nitrogens with one attached hydrogen (secondary N) is 1. The number of hydrogen-bond acceptors (Lipinski definition) is 6. The Morgan fingerprint density at radius 2 is 2.00 bits per heavy atom. The quantitative estimate of drug-likeness (QED) is 0.426. The van der Waals surface area contributed by atoms with Gasteiger partial charge in [-0.05, 0) is 29.8 Å². The second-order valence-corrected chi connectivity index (χ2v) is 7.74. The van der Waals surface area contributed by atoms with E-state index in [1.54, 1.807) is 48.3 Å². The van der Waals surface area contributed by atoms with Crippen molar-refractivity contribution >= 4 is 40.2 Å². The van der Waals surface area contributed by atoms with Gasteiger partial charge in [0.05, 0.1) is 7.11 Å². The van der Waals surface area contributed by atoms with Crippen LogP contribution in [0, 0.1) is 0 Å². The number of hydrogen-bond donors (Lipinski definition) is 2. The number of furan rings is 1. The van der Waals surface area contributed by atoms with Gasteiger partial charge in [-0.15, -0.1) is 0 Å². The average molecular weight is 436 g/mol. The van der Waals surface area contributed by atoms with Crippen LogP contribution in [0.4, 0.5) is 5.69 Å². The van der Waals surface area contributed by atoms with E-state index < -0.39 is 5.91 Å². The van der Waals surface area contributed by atoms with E-state index in [4.69, 9.17) is 14.9 Å². The van der Waals surface area contributed by atoms with Gasteiger partial charge in [-0.1, -0.05) is 23.9 Å². The van der Waals surface area contributed by atoms with Crippen molar-refractivity contribution in [3.8, 4) is 5.75 Å². The monoisotopic (exact) mass is 436 g/mol. The van der Waals surface area contributed by atoms with Crippen molar-refractivity contribution < 1.29 is 18.7 Å². The summed E-state index contributed by atoms with van der Waals surface area (Å²) in [5.74, 6) is 0.0394. The number of ether oxygens (including phenoxy) is 1. The van der Waals surface area contributed by atoms with Crippen LogP contribution < -0.4 is 15.8 Å². The molecule has 3 N–H and O–H groups in total. The molecule has 158 valence electrons. The van der Waals surface area contributed by atoms with E-state index in [0.29, 0.717) is 22.3 Å². The van der Waals surface area contributed by atoms with Crippen molar-refractivity contribution in [3.63, 3.8) is 0 Å². The van der Waals surface area contributed by atoms with E-state index in [1.165, 1.54) is 7.11 Å². The molecule has 8 nitrogen and oxygen atoms in total. The van der Waals surface area contributed by atoms with Crippen LogP contribution in [-0.4, -0.2) is 28.5 Å². The van der Waals surface area contributed by atoms with Crippen LogP contribution in [0.3, 0.4) is 0 Å². The highest BCUT2D eigenvalue weighted by Crippen LogP contribution is 2.33. The Morgan fingerprint density at radius 1 is 1.23 bits per heavy atom. The number of carbonyl (C=O) groups is 2. The molecular formula is C22H20N4O4S. The van der Waals surface area contributed by atoms with Crippen molar-refractivity contribution in [2.45, 2.75) is 10.9 Å². The molecule has 2 aromatic heterocycles. The van der Waals surface area contributed by atoms with Crippen LogP contribution >= 0.6 is 11.8 Å². The largest absolute Gasteiger partial charge is 0.497 e. The lowest BCUT2D eigenvalue weighted by molar-refractivity contribution is 0.0977. The number of amides is 2. The summed E-state index contributed by atoms with van der Waals surface area (Å²) in [6, 6.07) is 12.3. The minimum Gasteiger partial charge on any atom is -0.497 e. The van der Waals surface area contributed by atoms with Crippen molar-refractivity contribution in [1.82, 2.24) is 9.55 Å². The zero-order chi connectivity index (χ0) is 22.0. The lowest BCUT2D eigenvalue weighted by atomic mass is 10.1. The molecule has 0 aliphatic heterocycles. The molecule has 0 fully saturated rings. The average Bonchev–Trinajstić information content (AvgIpc) is 3.35. The van der Waals surface area contributed by atoms with Crippen LogP contribution in [-0.2, 0) is 12.8 Å². The SMILES string of the molecule is COc1ccc2c(NC(=O)c3ccc(CSc4nccn4C)cc3)c(C(N)=O)oc2c1. The highest BCUT2D eigenvalue weighted by molar-refractivity contribution is 7.98. The van der Waals surface area contributed by atoms with Crippen molar-refractivity contribution in [3.05, 3.63) is 71.7 Å². The number of nitrogens with zero attached hydrogens (tertiary/aromatic N) is 2. The van der Waals surface area contributed by atoms with E-state index in [2.05, 4.69) is 10.3 Å². The van der Waals surface area contributed by atoms with Gasteiger partial charge >= 0.3 is 0 Å². The molecule has 0 unspecified atom stereocenters. The minimum absolute atomic E-state index is 0.111. The van der Waals surface area contributed by atoms with Gasteiger partial charge in [-0.25, -0.2) is 4.98 Å². The van der Waals surface area contributed by atoms with E-state index >= 15 is 0 Å². The second kappa shape index (κ2) is 8.57. The molecule has 2 heterocycles. The number of imidazole rings is 1. The highest BCUT2D eigenvalue weighted by atomic mass is 32.2. The third-order valence-electron chi connectivity index (χ3n) is 4.72. The van der Waals surface area contributed by atoms with Gasteiger partial charge in [0.1, 0.15) is 17.0 Å². The van der Waals surface area contributed by atoms with Gasteiger partial charge in [0.2, 0.25) is 5.76 Å². The van der Waals surface area contributed by atoms with Gasteiger partial charge in [-0.3, -0.25) is 9.59 Å². The maximum atomic E-state index is 12.8. The lowest BCUT2D eigenvalue weighted by Gasteiger charge is -2.07. The summed E-state index contributed by atoms with van der Waals surface area (Å²) < 4.78 is 12.7. The summed E-state index contributed by atoms with van der Waals surface area (Å²) in [6.45, 7) is 0. The molecule has 0 saturated carbocycles. The predicted octanol–water partition coefficient (Wildman–Crippen LogP) is 3.82. The Morgan fingerprint density at radius 3 is 2.65 bits per heavy atom. The molecule has 2 amide bonds. The minimum atomic E-state index is -0.771. The van der Waals surface area contributed by atoms with E-state index in [9.17, 15) is 9.59 Å². The number of thioether (sulfide) groups is 1. The Balaban J connectivity index is 1.52. The Bertz CT molecular complexity index is 1260. The zero-order valence-corrected chi connectivity index (χ0v) is 17.7. The standard InChI is InChI=1S/C22H20N4O4S/c1-26-10-9-24-22(26)31-12-13-3-5-14(6-4-13)21(28)25-18-16-8-7-15(29-2)11-17(16)30-19(18)20(23)27/h3-11H,12H2,1-2H3,(H2,23,27)(H,25,28). The fourth-order valence-corrected chi connectivity index (χ4v) is 3.97. The fraction of sp³-hybridized carbons (Fsp3) is 0.136. The molecule has 0 spiro atoms. The Labute approximate surface area is 182 Å². The van der Waals surface area contributed by atoms with Crippen molar-refractivity contribution in [2.75, 3.05) is 12.4 Å². The van der Waals surface area contributed by atoms with Gasteiger partial charge in [-0.2, -0.15) is 0 Å². The number of fused-ring (bicyclic) bond motifs is 1. The number of methoxy groups -OCH3 is 1. The first kappa shape index (κ1) is 20.5. The predicted molar refractivity (Wildman–Crippen MR) is 118 cm³/mol. The van der Waals surface area contributed by atoms with E-state index in [-0.39, 0.29) is 17.4 Å². The molecule has 4 rings (SSSR count). The van der Waals surface area contributed by atoms with Crippen LogP contribution in [0.1, 0.15) is 26.5 Å². The molecular weight excluding hydrogens is 416 g/mol. The molecule has 31 heavy (non-hydrogen) atoms. The Kier molecular flexibility index (Phi) is 5.68. The van der Waals surface area contributed by atoms with Crippen LogP contribution in [0.2, 0.25) is 0 Å². The second-order valence-electron chi connectivity index (χ2n) is 6.79. The normalized spacial score (nSPS) is 10.9. The van der Waals surface area contributed by atoms with Gasteiger partial charge < -0.3 is 24.8 Å². The molecule has 0 radical (unpaired) electrons. The smallest absolute Gasteiger partial charge is 0.286 e. The number of aromatic nitrogens is 2. The summed E-state index contributed by atoms with van der Waals surface area (Å²) in [5.41, 5.74) is 7.58. The summed E-state index contributed by atoms with van der Waals surface area (Å²) >= 11 is 1.61. The number of aryl methyl sites for hydroxylation is 1. The molecule has 9 heteroatoms. The molecule has 0 bridgehead atoms. The third-order valence-corrected chi connectivity index (χ3v) is 5.85. The van der Waals surface area contributed by atoms with E-state index in [0.717, 1.165) is 16.5 Å². The van der Waals surface area contributed by atoms with Crippen LogP contribution in [0.5, 0.6) is 5.75 Å². The van der Waals surface area contributed by atoms with E-state index in [1.807, 2.05) is 29.9 Å². The highest BCUT2D eigenvalue weighted by Gasteiger charge is 2.21. The summed E-state index contributed by atoms with van der Waals surface area (Å²) in [7, 11) is 3.47. The number of benzene rings is 2. The first-order chi connectivity index (χ1) is 15.0. The summed E-state index contributed by atoms with van der Waals surface area (Å²) in [6.07, 6.45) is 3.65. The first-order valence-corrected chi connectivity index (χ1v) is 10.4. The van der Waals surface area contributed by atoms with Crippen molar-refractivity contribution in [1.29, 1.82) is 0 Å². The number of primary amides is 1. The molecule has 0 aliphatic carbocycles. The third kappa shape index (κ3) is 4.26. The van der Waals surface area contributed by atoms with Gasteiger partial charge in [0, 0.05) is 42.2 Å². The molecule has 4 aromatic rings. The lowest BCUT2D eigenvalue weighted by Crippen LogP contribution is -2.17. The molecule has 0 aliphatic rings. The topological polar surface area (TPSA) is 112 Å². The summed E-state index contributed by atoms with van der Waals surface area (Å²) in [4.78, 5) is 28.9. The van der Waals surface area contributed by atoms with Gasteiger partial charge in [0.25, 0.3) is 11.8 Å². The Hall–Kier alpha value is -3.72. The number of nitrogens with two attached hydrogens (primary N) is 1.